The molecule has 0 unspecified atom stereocenters. The van der Waals surface area contributed by atoms with Gasteiger partial charge in [-0.3, -0.25) is 4.79 Å². The van der Waals surface area contributed by atoms with Gasteiger partial charge in [0.2, 0.25) is 23.6 Å². The number of amides is 1. The van der Waals surface area contributed by atoms with Crippen molar-refractivity contribution in [1.29, 1.82) is 0 Å². The Bertz CT molecular complexity index is 1450. The van der Waals surface area contributed by atoms with Crippen LogP contribution in [0, 0.1) is 13.8 Å². The first-order chi connectivity index (χ1) is 17.2. The van der Waals surface area contributed by atoms with Crippen LogP contribution in [-0.4, -0.2) is 41.5 Å². The molecule has 2 heterocycles. The topological polar surface area (TPSA) is 149 Å². The van der Waals surface area contributed by atoms with Crippen molar-refractivity contribution in [2.24, 2.45) is 0 Å². The van der Waals surface area contributed by atoms with Gasteiger partial charge in [-0.15, -0.1) is 0 Å². The van der Waals surface area contributed by atoms with Crippen molar-refractivity contribution in [1.82, 2.24) is 20.1 Å². The lowest BCUT2D eigenvalue weighted by Gasteiger charge is -2.09. The number of anilines is 2. The molecule has 0 saturated heterocycles. The molecule has 0 aliphatic rings. The van der Waals surface area contributed by atoms with E-state index in [-0.39, 0.29) is 29.6 Å². The zero-order valence-electron chi connectivity index (χ0n) is 19.8. The Morgan fingerprint density at radius 2 is 1.64 bits per heavy atom. The molecule has 0 spiro atoms. The second-order valence-electron chi connectivity index (χ2n) is 7.89. The molecule has 11 nitrogen and oxygen atoms in total. The number of aryl methyl sites for hydroxylation is 3. The number of ether oxygens (including phenoxy) is 1. The van der Waals surface area contributed by atoms with Crippen molar-refractivity contribution in [2.45, 2.75) is 31.6 Å². The third kappa shape index (κ3) is 6.21. The Balaban J connectivity index is 1.32. The zero-order chi connectivity index (χ0) is 25.7. The predicted octanol–water partition coefficient (Wildman–Crippen LogP) is 3.52. The number of rotatable bonds is 9. The molecule has 2 aromatic carbocycles. The van der Waals surface area contributed by atoms with Crippen LogP contribution in [0.2, 0.25) is 0 Å². The third-order valence-electron chi connectivity index (χ3n) is 5.04. The predicted molar refractivity (Wildman–Crippen MR) is 132 cm³/mol. The third-order valence-corrected chi connectivity index (χ3v) is 6.38. The van der Waals surface area contributed by atoms with Crippen LogP contribution >= 0.6 is 0 Å². The fourth-order valence-corrected chi connectivity index (χ4v) is 4.27. The molecule has 4 rings (SSSR count). The molecule has 4 aromatic rings. The van der Waals surface area contributed by atoms with Crippen LogP contribution in [-0.2, 0) is 21.2 Å². The van der Waals surface area contributed by atoms with E-state index in [1.807, 2.05) is 12.1 Å². The number of nitrogens with one attached hydrogen (secondary N) is 2. The van der Waals surface area contributed by atoms with Crippen LogP contribution in [0.3, 0.4) is 0 Å². The molecule has 0 bridgehead atoms. The zero-order valence-corrected chi connectivity index (χ0v) is 20.7. The summed E-state index contributed by atoms with van der Waals surface area (Å²) in [6, 6.07) is 14.7. The number of sulfonamides is 1. The fourth-order valence-electron chi connectivity index (χ4n) is 3.33. The second-order valence-corrected chi connectivity index (χ2v) is 9.57. The van der Waals surface area contributed by atoms with Crippen molar-refractivity contribution in [3.8, 4) is 17.1 Å². The van der Waals surface area contributed by atoms with Gasteiger partial charge in [-0.2, -0.15) is 4.98 Å². The number of carbonyl (C=O) groups is 1. The highest BCUT2D eigenvalue weighted by Gasteiger charge is 2.17. The Kier molecular flexibility index (Phi) is 7.25. The lowest BCUT2D eigenvalue weighted by Crippen LogP contribution is -2.16. The largest absolute Gasteiger partial charge is 0.497 e. The number of benzene rings is 2. The highest BCUT2D eigenvalue weighted by atomic mass is 32.2. The molecule has 0 aliphatic carbocycles. The van der Waals surface area contributed by atoms with Gasteiger partial charge in [0.1, 0.15) is 5.75 Å². The molecule has 12 heteroatoms. The van der Waals surface area contributed by atoms with E-state index < -0.39 is 10.0 Å². The summed E-state index contributed by atoms with van der Waals surface area (Å²) in [4.78, 5) is 24.9. The molecule has 1 amide bonds. The van der Waals surface area contributed by atoms with Crippen LogP contribution in [0.25, 0.3) is 11.4 Å². The smallest absolute Gasteiger partial charge is 0.264 e. The van der Waals surface area contributed by atoms with Crippen LogP contribution in [0.4, 0.5) is 11.6 Å². The summed E-state index contributed by atoms with van der Waals surface area (Å²) in [7, 11) is -2.30. The average molecular weight is 509 g/mol. The van der Waals surface area contributed by atoms with E-state index >= 15 is 0 Å². The van der Waals surface area contributed by atoms with Crippen molar-refractivity contribution in [3.63, 3.8) is 0 Å². The monoisotopic (exact) mass is 508 g/mol. The number of carbonyl (C=O) groups excluding carboxylic acids is 1. The number of nitrogens with zero attached hydrogens (tertiary/aromatic N) is 4. The maximum absolute atomic E-state index is 12.6. The van der Waals surface area contributed by atoms with Gasteiger partial charge in [0.05, 0.1) is 12.0 Å². The summed E-state index contributed by atoms with van der Waals surface area (Å²) in [5.74, 6) is 1.19. The van der Waals surface area contributed by atoms with E-state index in [0.29, 0.717) is 28.8 Å². The Morgan fingerprint density at radius 3 is 2.28 bits per heavy atom. The van der Waals surface area contributed by atoms with Crippen LogP contribution in [0.5, 0.6) is 5.75 Å². The van der Waals surface area contributed by atoms with Gasteiger partial charge in [-0.1, -0.05) is 5.16 Å². The Morgan fingerprint density at radius 1 is 0.972 bits per heavy atom. The van der Waals surface area contributed by atoms with Gasteiger partial charge in [0.15, 0.2) is 0 Å². The molecule has 0 fully saturated rings. The van der Waals surface area contributed by atoms with Gasteiger partial charge in [0, 0.05) is 35.5 Å². The highest BCUT2D eigenvalue weighted by Crippen LogP contribution is 2.21. The second kappa shape index (κ2) is 10.5. The molecule has 0 saturated carbocycles. The van der Waals surface area contributed by atoms with E-state index in [9.17, 15) is 13.2 Å². The summed E-state index contributed by atoms with van der Waals surface area (Å²) in [6.45, 7) is 3.50. The SMILES string of the molecule is COc1ccc(-c2noc(CCC(=O)Nc3ccc(S(=O)(=O)Nc4nc(C)cc(C)n4)cc3)n2)cc1. The summed E-state index contributed by atoms with van der Waals surface area (Å²) >= 11 is 0. The van der Waals surface area contributed by atoms with Gasteiger partial charge in [0.25, 0.3) is 10.0 Å². The van der Waals surface area contributed by atoms with E-state index in [1.165, 1.54) is 24.3 Å². The van der Waals surface area contributed by atoms with E-state index in [0.717, 1.165) is 11.3 Å². The molecule has 0 atom stereocenters. The van der Waals surface area contributed by atoms with E-state index in [1.54, 1.807) is 39.2 Å². The van der Waals surface area contributed by atoms with Gasteiger partial charge in [-0.05, 0) is 68.4 Å². The number of hydrogen-bond donors (Lipinski definition) is 2. The van der Waals surface area contributed by atoms with Crippen LogP contribution in [0.15, 0.2) is 64.0 Å². The van der Waals surface area contributed by atoms with Crippen molar-refractivity contribution in [2.75, 3.05) is 17.1 Å². The van der Waals surface area contributed by atoms with Crippen LogP contribution in [0.1, 0.15) is 23.7 Å². The maximum Gasteiger partial charge on any atom is 0.264 e. The lowest BCUT2D eigenvalue weighted by molar-refractivity contribution is -0.116. The molecule has 186 valence electrons. The van der Waals surface area contributed by atoms with Crippen molar-refractivity contribution in [3.05, 3.63) is 71.9 Å². The molecule has 2 N–H and O–H groups in total. The molecular formula is C24H24N6O5S. The number of aromatic nitrogens is 4. The Hall–Kier alpha value is -4.32. The highest BCUT2D eigenvalue weighted by molar-refractivity contribution is 7.92. The summed E-state index contributed by atoms with van der Waals surface area (Å²) < 4.78 is 38.0. The van der Waals surface area contributed by atoms with Gasteiger partial charge in [-0.25, -0.2) is 23.1 Å². The van der Waals surface area contributed by atoms with Crippen LogP contribution < -0.4 is 14.8 Å². The molecular weight excluding hydrogens is 484 g/mol. The van der Waals surface area contributed by atoms with E-state index in [2.05, 4.69) is 30.1 Å². The minimum Gasteiger partial charge on any atom is -0.497 e. The Labute approximate surface area is 208 Å². The average Bonchev–Trinajstić information content (AvgIpc) is 3.31. The van der Waals surface area contributed by atoms with E-state index in [4.69, 9.17) is 9.26 Å². The van der Waals surface area contributed by atoms with Gasteiger partial charge >= 0.3 is 0 Å². The first-order valence-corrected chi connectivity index (χ1v) is 12.4. The normalized spacial score (nSPS) is 11.2. The quantitative estimate of drug-likeness (QED) is 0.346. The number of hydrogen-bond acceptors (Lipinski definition) is 9. The summed E-state index contributed by atoms with van der Waals surface area (Å²) in [5, 5.41) is 6.67. The molecule has 0 aliphatic heterocycles. The van der Waals surface area contributed by atoms with Gasteiger partial charge < -0.3 is 14.6 Å². The first kappa shape index (κ1) is 24.8. The summed E-state index contributed by atoms with van der Waals surface area (Å²) in [6.07, 6.45) is 0.358. The number of methoxy groups -OCH3 is 1. The lowest BCUT2D eigenvalue weighted by atomic mass is 10.2. The molecule has 36 heavy (non-hydrogen) atoms. The minimum absolute atomic E-state index is 0.000975. The molecule has 0 radical (unpaired) electrons. The first-order valence-electron chi connectivity index (χ1n) is 10.9. The van der Waals surface area contributed by atoms with Crippen molar-refractivity contribution >= 4 is 27.6 Å². The fraction of sp³-hybridized carbons (Fsp3) is 0.208. The minimum atomic E-state index is -3.89. The van der Waals surface area contributed by atoms with Crippen molar-refractivity contribution < 1.29 is 22.5 Å². The summed E-state index contributed by atoms with van der Waals surface area (Å²) in [5.41, 5.74) is 2.52. The standard InChI is InChI=1S/C24H24N6O5S/c1-15-14-16(2)26-24(25-15)30-36(32,33)20-10-6-18(7-11-20)27-21(31)12-13-22-28-23(29-35-22)17-4-8-19(34-3)9-5-17/h4-11,14H,12-13H2,1-3H3,(H,27,31)(H,25,26,30). The molecule has 2 aromatic heterocycles. The maximum atomic E-state index is 12.6.